The molecular formula is C14H20O2P. The van der Waals surface area contributed by atoms with Gasteiger partial charge in [0.1, 0.15) is 0 Å². The Kier molecular flexibility index (Phi) is 3.05. The fraction of sp³-hybridized carbons (Fsp3) is 0.643. The van der Waals surface area contributed by atoms with Gasteiger partial charge >= 0.3 is 0 Å². The van der Waals surface area contributed by atoms with Crippen LogP contribution < -0.4 is 0 Å². The molecule has 0 bridgehead atoms. The standard InChI is InChI=1S/C14H20O2P/c1-9-12-13(16-14(3,4)15-12)10(2)17(9)11-7-5-6-8-11/h5-10,12-13H,1-4H3/t9-,10-,12+,13+/m0/s1. The van der Waals surface area contributed by atoms with Gasteiger partial charge in [-0.1, -0.05) is 21.8 Å². The number of hydrogen-bond acceptors (Lipinski definition) is 2. The molecule has 2 heterocycles. The van der Waals surface area contributed by atoms with Crippen molar-refractivity contribution in [2.45, 2.75) is 57.0 Å². The summed E-state index contributed by atoms with van der Waals surface area (Å²) in [4.78, 5) is 0. The van der Waals surface area contributed by atoms with Crippen LogP contribution in [-0.4, -0.2) is 29.3 Å². The Labute approximate surface area is 106 Å². The van der Waals surface area contributed by atoms with Crippen LogP contribution in [0.15, 0.2) is 0 Å². The topological polar surface area (TPSA) is 18.5 Å². The van der Waals surface area contributed by atoms with E-state index >= 15 is 0 Å². The van der Waals surface area contributed by atoms with E-state index in [2.05, 4.69) is 39.5 Å². The summed E-state index contributed by atoms with van der Waals surface area (Å²) in [6.07, 6.45) is 9.34. The first-order chi connectivity index (χ1) is 7.99. The van der Waals surface area contributed by atoms with Crippen LogP contribution in [0, 0.1) is 31.3 Å². The van der Waals surface area contributed by atoms with Crippen LogP contribution in [0.1, 0.15) is 27.7 Å². The summed E-state index contributed by atoms with van der Waals surface area (Å²) in [5.41, 5.74) is 2.68. The van der Waals surface area contributed by atoms with Crippen molar-refractivity contribution in [1.82, 2.24) is 0 Å². The van der Waals surface area contributed by atoms with Gasteiger partial charge in [0.2, 0.25) is 0 Å². The molecule has 0 aromatic carbocycles. The summed E-state index contributed by atoms with van der Waals surface area (Å²) >= 11 is 0. The van der Waals surface area contributed by atoms with Gasteiger partial charge in [0.15, 0.2) is 5.79 Å². The highest BCUT2D eigenvalue weighted by molar-refractivity contribution is 7.63. The third-order valence-corrected chi connectivity index (χ3v) is 7.17. The van der Waals surface area contributed by atoms with Gasteiger partial charge < -0.3 is 9.47 Å². The summed E-state index contributed by atoms with van der Waals surface area (Å²) < 4.78 is 12.2. The van der Waals surface area contributed by atoms with Crippen molar-refractivity contribution < 1.29 is 9.47 Å². The second-order valence-electron chi connectivity index (χ2n) is 5.60. The van der Waals surface area contributed by atoms with Crippen LogP contribution in [0.4, 0.5) is 0 Å². The average molecular weight is 251 g/mol. The zero-order valence-corrected chi connectivity index (χ0v) is 11.8. The molecule has 3 fully saturated rings. The fourth-order valence-electron chi connectivity index (χ4n) is 3.26. The van der Waals surface area contributed by atoms with Crippen molar-refractivity contribution in [2.75, 3.05) is 0 Å². The molecule has 4 atom stereocenters. The molecule has 3 heteroatoms. The molecule has 5 radical (unpaired) electrons. The van der Waals surface area contributed by atoms with Crippen LogP contribution in [0.5, 0.6) is 0 Å². The van der Waals surface area contributed by atoms with E-state index in [4.69, 9.17) is 9.47 Å². The highest BCUT2D eigenvalue weighted by Crippen LogP contribution is 2.68. The van der Waals surface area contributed by atoms with Gasteiger partial charge in [0.05, 0.1) is 12.2 Å². The molecule has 17 heavy (non-hydrogen) atoms. The minimum absolute atomic E-state index is 0.150. The summed E-state index contributed by atoms with van der Waals surface area (Å²) in [7, 11) is -0.150. The highest BCUT2D eigenvalue weighted by Gasteiger charge is 2.57. The van der Waals surface area contributed by atoms with Crippen LogP contribution in [0.3, 0.4) is 0 Å². The Balaban J connectivity index is 1.78. The number of rotatable bonds is 1. The third kappa shape index (κ3) is 1.97. The lowest BCUT2D eigenvalue weighted by molar-refractivity contribution is -0.147. The molecule has 3 rings (SSSR count). The van der Waals surface area contributed by atoms with E-state index in [-0.39, 0.29) is 20.1 Å². The predicted molar refractivity (Wildman–Crippen MR) is 70.1 cm³/mol. The second kappa shape index (κ2) is 4.18. The van der Waals surface area contributed by atoms with E-state index in [0.29, 0.717) is 11.3 Å². The molecule has 1 aliphatic carbocycles. The Morgan fingerprint density at radius 2 is 1.47 bits per heavy atom. The molecule has 0 spiro atoms. The number of ether oxygens (including phenoxy) is 2. The molecule has 93 valence electrons. The van der Waals surface area contributed by atoms with Crippen LogP contribution in [0.25, 0.3) is 0 Å². The van der Waals surface area contributed by atoms with E-state index in [1.165, 1.54) is 5.66 Å². The molecule has 0 amide bonds. The zero-order chi connectivity index (χ0) is 12.2. The largest absolute Gasteiger partial charge is 0.344 e. The van der Waals surface area contributed by atoms with Gasteiger partial charge in [-0.15, -0.1) is 0 Å². The molecular weight excluding hydrogens is 231 g/mol. The molecule has 3 aliphatic rings. The van der Waals surface area contributed by atoms with Gasteiger partial charge in [-0.05, 0) is 39.5 Å². The van der Waals surface area contributed by atoms with Gasteiger partial charge in [0.25, 0.3) is 0 Å². The van der Waals surface area contributed by atoms with E-state index in [0.717, 1.165) is 0 Å². The van der Waals surface area contributed by atoms with Crippen LogP contribution in [-0.2, 0) is 9.47 Å². The SMILES string of the molecule is C[C@H]1[C@H]2OC(C)(C)O[C@@H]2[C@H](C)P1[C]1[CH][CH][CH][CH]1. The summed E-state index contributed by atoms with van der Waals surface area (Å²) in [5.74, 6) is -0.398. The van der Waals surface area contributed by atoms with Gasteiger partial charge in [0, 0.05) is 17.0 Å². The lowest BCUT2D eigenvalue weighted by Gasteiger charge is -2.31. The quantitative estimate of drug-likeness (QED) is 0.666. The maximum absolute atomic E-state index is 6.08. The van der Waals surface area contributed by atoms with Gasteiger partial charge in [-0.2, -0.15) is 0 Å². The molecule has 2 saturated heterocycles. The van der Waals surface area contributed by atoms with Gasteiger partial charge in [-0.25, -0.2) is 0 Å². The maximum atomic E-state index is 6.08. The van der Waals surface area contributed by atoms with Crippen molar-refractivity contribution in [2.24, 2.45) is 0 Å². The van der Waals surface area contributed by atoms with Crippen molar-refractivity contribution in [3.05, 3.63) is 31.3 Å². The van der Waals surface area contributed by atoms with E-state index in [9.17, 15) is 0 Å². The Bertz CT molecular complexity index is 279. The summed E-state index contributed by atoms with van der Waals surface area (Å²) in [5, 5.41) is 0. The summed E-state index contributed by atoms with van der Waals surface area (Å²) in [6.45, 7) is 8.69. The van der Waals surface area contributed by atoms with Crippen molar-refractivity contribution in [3.8, 4) is 0 Å². The molecule has 0 aromatic heterocycles. The molecule has 2 aliphatic heterocycles. The lowest BCUT2D eigenvalue weighted by Crippen LogP contribution is -2.27. The number of hydrogen-bond donors (Lipinski definition) is 0. The van der Waals surface area contributed by atoms with Crippen molar-refractivity contribution in [1.29, 1.82) is 0 Å². The summed E-state index contributed by atoms with van der Waals surface area (Å²) in [6, 6.07) is 0. The minimum Gasteiger partial charge on any atom is -0.344 e. The lowest BCUT2D eigenvalue weighted by atomic mass is 10.1. The highest BCUT2D eigenvalue weighted by atomic mass is 31.1. The molecule has 0 N–H and O–H groups in total. The second-order valence-corrected chi connectivity index (χ2v) is 8.56. The van der Waals surface area contributed by atoms with E-state index in [1.807, 2.05) is 13.8 Å². The predicted octanol–water partition coefficient (Wildman–Crippen LogP) is 3.14. The third-order valence-electron chi connectivity index (χ3n) is 3.94. The first-order valence-electron chi connectivity index (χ1n) is 6.35. The Morgan fingerprint density at radius 3 is 1.94 bits per heavy atom. The molecule has 1 saturated carbocycles. The first-order valence-corrected chi connectivity index (χ1v) is 7.83. The molecule has 0 aromatic rings. The molecule has 2 nitrogen and oxygen atoms in total. The van der Waals surface area contributed by atoms with E-state index in [1.54, 1.807) is 0 Å². The molecule has 0 unspecified atom stereocenters. The smallest absolute Gasteiger partial charge is 0.163 e. The first kappa shape index (κ1) is 12.4. The zero-order valence-electron chi connectivity index (χ0n) is 10.9. The fourth-order valence-corrected chi connectivity index (χ4v) is 6.55. The Hall–Kier alpha value is 0.350. The monoisotopic (exact) mass is 251 g/mol. The van der Waals surface area contributed by atoms with Crippen LogP contribution >= 0.6 is 7.92 Å². The average Bonchev–Trinajstić information content (AvgIpc) is 2.88. The maximum Gasteiger partial charge on any atom is 0.163 e. The van der Waals surface area contributed by atoms with Crippen molar-refractivity contribution in [3.63, 3.8) is 0 Å². The van der Waals surface area contributed by atoms with Crippen molar-refractivity contribution >= 4 is 7.92 Å². The van der Waals surface area contributed by atoms with Crippen LogP contribution in [0.2, 0.25) is 0 Å². The Morgan fingerprint density at radius 1 is 1.00 bits per heavy atom. The number of fused-ring (bicyclic) bond motifs is 1. The minimum atomic E-state index is -0.398. The van der Waals surface area contributed by atoms with Gasteiger partial charge in [-0.3, -0.25) is 0 Å². The normalized spacial score (nSPS) is 49.8. The van der Waals surface area contributed by atoms with E-state index < -0.39 is 5.79 Å².